The molecule has 2 aromatic rings. The molecule has 0 spiro atoms. The van der Waals surface area contributed by atoms with Crippen molar-refractivity contribution in [3.05, 3.63) is 69.0 Å². The highest BCUT2D eigenvalue weighted by Crippen LogP contribution is 2.28. The fraction of sp³-hybridized carbons (Fsp3) is 0.133. The van der Waals surface area contributed by atoms with Crippen LogP contribution in [0.2, 0.25) is 5.02 Å². The molecular formula is C15H12ClFN2O4. The van der Waals surface area contributed by atoms with Crippen LogP contribution in [0.5, 0.6) is 5.75 Å². The average molecular weight is 339 g/mol. The van der Waals surface area contributed by atoms with E-state index in [2.05, 4.69) is 5.32 Å². The number of rotatable bonds is 6. The lowest BCUT2D eigenvalue weighted by Crippen LogP contribution is -2.28. The third-order valence-corrected chi connectivity index (χ3v) is 3.18. The van der Waals surface area contributed by atoms with Crippen molar-refractivity contribution in [2.75, 3.05) is 6.61 Å². The summed E-state index contributed by atoms with van der Waals surface area (Å²) in [6, 6.07) is 9.43. The Bertz CT molecular complexity index is 722. The van der Waals surface area contributed by atoms with Gasteiger partial charge in [0.05, 0.1) is 9.95 Å². The third-order valence-electron chi connectivity index (χ3n) is 2.89. The van der Waals surface area contributed by atoms with Crippen LogP contribution in [-0.4, -0.2) is 17.4 Å². The average Bonchev–Trinajstić information content (AvgIpc) is 2.53. The summed E-state index contributed by atoms with van der Waals surface area (Å²) in [6.07, 6.45) is 0. The van der Waals surface area contributed by atoms with Crippen molar-refractivity contribution in [3.8, 4) is 5.75 Å². The minimum atomic E-state index is -0.578. The summed E-state index contributed by atoms with van der Waals surface area (Å²) in [5.74, 6) is -0.575. The normalized spacial score (nSPS) is 10.2. The van der Waals surface area contributed by atoms with Gasteiger partial charge in [0.2, 0.25) is 0 Å². The lowest BCUT2D eigenvalue weighted by Gasteiger charge is -2.08. The Balaban J connectivity index is 1.84. The van der Waals surface area contributed by atoms with Crippen molar-refractivity contribution < 1.29 is 18.8 Å². The number of carbonyl (C=O) groups excluding carboxylic acids is 1. The number of ether oxygens (including phenoxy) is 1. The minimum absolute atomic E-state index is 0.0468. The van der Waals surface area contributed by atoms with Crippen molar-refractivity contribution in [1.82, 2.24) is 5.32 Å². The maximum atomic E-state index is 12.7. The van der Waals surface area contributed by atoms with Gasteiger partial charge in [-0.15, -0.1) is 0 Å². The lowest BCUT2D eigenvalue weighted by molar-refractivity contribution is -0.384. The smallest absolute Gasteiger partial charge is 0.271 e. The standard InChI is InChI=1S/C15H12ClFN2O4/c16-13-7-12(19(21)22)5-6-14(13)23-9-15(20)18-8-10-1-3-11(17)4-2-10/h1-7H,8-9H2,(H,18,20). The van der Waals surface area contributed by atoms with Gasteiger partial charge in [0.25, 0.3) is 11.6 Å². The molecule has 8 heteroatoms. The Kier molecular flexibility index (Phi) is 5.48. The van der Waals surface area contributed by atoms with Crippen LogP contribution in [0.4, 0.5) is 10.1 Å². The molecule has 0 aliphatic heterocycles. The van der Waals surface area contributed by atoms with E-state index in [-0.39, 0.29) is 35.4 Å². The molecule has 0 fully saturated rings. The highest BCUT2D eigenvalue weighted by Gasteiger charge is 2.11. The maximum Gasteiger partial charge on any atom is 0.271 e. The summed E-state index contributed by atoms with van der Waals surface area (Å²) in [7, 11) is 0. The van der Waals surface area contributed by atoms with Gasteiger partial charge in [-0.25, -0.2) is 4.39 Å². The first-order chi connectivity index (χ1) is 11.0. The zero-order chi connectivity index (χ0) is 16.8. The number of nitro benzene ring substituents is 1. The molecule has 0 radical (unpaired) electrons. The maximum absolute atomic E-state index is 12.7. The molecule has 0 aromatic heterocycles. The van der Waals surface area contributed by atoms with Crippen LogP contribution in [0.25, 0.3) is 0 Å². The van der Waals surface area contributed by atoms with Gasteiger partial charge >= 0.3 is 0 Å². The van der Waals surface area contributed by atoms with Gasteiger partial charge in [0.1, 0.15) is 11.6 Å². The first kappa shape index (κ1) is 16.7. The molecule has 0 unspecified atom stereocenters. The molecule has 0 saturated carbocycles. The third kappa shape index (κ3) is 4.93. The molecule has 120 valence electrons. The predicted octanol–water partition coefficient (Wildman–Crippen LogP) is 3.08. The van der Waals surface area contributed by atoms with Crippen LogP contribution >= 0.6 is 11.6 Å². The number of nitro groups is 1. The van der Waals surface area contributed by atoms with Crippen molar-refractivity contribution >= 4 is 23.2 Å². The first-order valence-electron chi connectivity index (χ1n) is 6.53. The number of amides is 1. The molecule has 6 nitrogen and oxygen atoms in total. The highest BCUT2D eigenvalue weighted by molar-refractivity contribution is 6.32. The summed E-state index contributed by atoms with van der Waals surface area (Å²) in [6.45, 7) is -0.0603. The molecular weight excluding hydrogens is 327 g/mol. The second-order valence-electron chi connectivity index (χ2n) is 4.56. The molecule has 2 rings (SSSR count). The van der Waals surface area contributed by atoms with E-state index in [0.29, 0.717) is 0 Å². The molecule has 0 aliphatic carbocycles. The Morgan fingerprint density at radius 1 is 1.26 bits per heavy atom. The van der Waals surface area contributed by atoms with Crippen LogP contribution < -0.4 is 10.1 Å². The summed E-state index contributed by atoms with van der Waals surface area (Å²) in [5.41, 5.74) is 0.580. The number of hydrogen-bond acceptors (Lipinski definition) is 4. The van der Waals surface area contributed by atoms with Gasteiger partial charge in [-0.1, -0.05) is 23.7 Å². The van der Waals surface area contributed by atoms with Gasteiger partial charge < -0.3 is 10.1 Å². The topological polar surface area (TPSA) is 81.5 Å². The van der Waals surface area contributed by atoms with E-state index in [1.165, 1.54) is 24.3 Å². The highest BCUT2D eigenvalue weighted by atomic mass is 35.5. The van der Waals surface area contributed by atoms with E-state index in [0.717, 1.165) is 11.6 Å². The van der Waals surface area contributed by atoms with E-state index in [9.17, 15) is 19.3 Å². The second kappa shape index (κ2) is 7.55. The van der Waals surface area contributed by atoms with Gasteiger partial charge in [0.15, 0.2) is 6.61 Å². The van der Waals surface area contributed by atoms with E-state index in [1.54, 1.807) is 12.1 Å². The largest absolute Gasteiger partial charge is 0.482 e. The SMILES string of the molecule is O=C(COc1ccc([N+](=O)[O-])cc1Cl)NCc1ccc(F)cc1. The second-order valence-corrected chi connectivity index (χ2v) is 4.97. The Labute approximate surface area is 136 Å². The van der Waals surface area contributed by atoms with Crippen molar-refractivity contribution in [3.63, 3.8) is 0 Å². The van der Waals surface area contributed by atoms with Crippen LogP contribution in [0, 0.1) is 15.9 Å². The van der Waals surface area contributed by atoms with Gasteiger partial charge in [-0.3, -0.25) is 14.9 Å². The van der Waals surface area contributed by atoms with Gasteiger partial charge in [0, 0.05) is 18.7 Å². The predicted molar refractivity (Wildman–Crippen MR) is 81.8 cm³/mol. The Morgan fingerprint density at radius 2 is 1.96 bits per heavy atom. The molecule has 0 atom stereocenters. The number of carbonyl (C=O) groups is 1. The van der Waals surface area contributed by atoms with Crippen LogP contribution in [-0.2, 0) is 11.3 Å². The zero-order valence-electron chi connectivity index (χ0n) is 11.8. The number of halogens is 2. The zero-order valence-corrected chi connectivity index (χ0v) is 12.5. The lowest BCUT2D eigenvalue weighted by atomic mass is 10.2. The Morgan fingerprint density at radius 3 is 2.57 bits per heavy atom. The molecule has 1 N–H and O–H groups in total. The molecule has 0 bridgehead atoms. The fourth-order valence-electron chi connectivity index (χ4n) is 1.72. The van der Waals surface area contributed by atoms with E-state index >= 15 is 0 Å². The molecule has 0 aliphatic rings. The number of nitrogens with one attached hydrogen (secondary N) is 1. The Hall–Kier alpha value is -2.67. The number of hydrogen-bond donors (Lipinski definition) is 1. The van der Waals surface area contributed by atoms with Crippen molar-refractivity contribution in [1.29, 1.82) is 0 Å². The summed E-state index contributed by atoms with van der Waals surface area (Å²) >= 11 is 5.85. The summed E-state index contributed by atoms with van der Waals surface area (Å²) in [5, 5.41) is 13.2. The van der Waals surface area contributed by atoms with Crippen LogP contribution in [0.1, 0.15) is 5.56 Å². The molecule has 1 amide bonds. The molecule has 2 aromatic carbocycles. The first-order valence-corrected chi connectivity index (χ1v) is 6.91. The molecule has 0 saturated heterocycles. The van der Waals surface area contributed by atoms with E-state index in [1.807, 2.05) is 0 Å². The minimum Gasteiger partial charge on any atom is -0.482 e. The van der Waals surface area contributed by atoms with Gasteiger partial charge in [-0.05, 0) is 23.8 Å². The van der Waals surface area contributed by atoms with E-state index < -0.39 is 10.8 Å². The van der Waals surface area contributed by atoms with Crippen molar-refractivity contribution in [2.24, 2.45) is 0 Å². The number of benzene rings is 2. The van der Waals surface area contributed by atoms with E-state index in [4.69, 9.17) is 16.3 Å². The van der Waals surface area contributed by atoms with Crippen LogP contribution in [0.15, 0.2) is 42.5 Å². The number of nitrogens with zero attached hydrogens (tertiary/aromatic N) is 1. The summed E-state index contributed by atoms with van der Waals surface area (Å²) < 4.78 is 18.0. The monoisotopic (exact) mass is 338 g/mol. The van der Waals surface area contributed by atoms with Crippen LogP contribution in [0.3, 0.4) is 0 Å². The fourth-order valence-corrected chi connectivity index (χ4v) is 1.95. The summed E-state index contributed by atoms with van der Waals surface area (Å²) in [4.78, 5) is 21.7. The number of non-ortho nitro benzene ring substituents is 1. The van der Waals surface area contributed by atoms with Gasteiger partial charge in [-0.2, -0.15) is 0 Å². The van der Waals surface area contributed by atoms with Crippen molar-refractivity contribution in [2.45, 2.75) is 6.54 Å². The molecule has 23 heavy (non-hydrogen) atoms. The molecule has 0 heterocycles. The quantitative estimate of drug-likeness (QED) is 0.648.